The van der Waals surface area contributed by atoms with Crippen molar-refractivity contribution in [1.82, 2.24) is 0 Å². The zero-order chi connectivity index (χ0) is 23.7. The number of rotatable bonds is 6. The van der Waals surface area contributed by atoms with Gasteiger partial charge in [0, 0.05) is 16.2 Å². The number of furan rings is 1. The molecule has 0 radical (unpaired) electrons. The Labute approximate surface area is 196 Å². The van der Waals surface area contributed by atoms with Gasteiger partial charge < -0.3 is 9.15 Å². The molecular formula is C27H21NO5S. The molecule has 0 atom stereocenters. The van der Waals surface area contributed by atoms with Gasteiger partial charge >= 0.3 is 5.97 Å². The van der Waals surface area contributed by atoms with Crippen LogP contribution in [0.1, 0.15) is 21.7 Å². The van der Waals surface area contributed by atoms with Crippen LogP contribution in [0.25, 0.3) is 21.7 Å². The lowest BCUT2D eigenvalue weighted by Gasteiger charge is -2.12. The van der Waals surface area contributed by atoms with Crippen molar-refractivity contribution < 1.29 is 22.4 Å². The first kappa shape index (κ1) is 21.7. The second-order valence-electron chi connectivity index (χ2n) is 7.86. The van der Waals surface area contributed by atoms with Gasteiger partial charge in [-0.3, -0.25) is 4.72 Å². The van der Waals surface area contributed by atoms with Gasteiger partial charge in [0.2, 0.25) is 0 Å². The molecule has 0 fully saturated rings. The number of benzene rings is 4. The number of anilines is 1. The average Bonchev–Trinajstić information content (AvgIpc) is 3.19. The first-order valence-corrected chi connectivity index (χ1v) is 12.2. The van der Waals surface area contributed by atoms with E-state index < -0.39 is 16.0 Å². The first-order valence-electron chi connectivity index (χ1n) is 10.7. The summed E-state index contributed by atoms with van der Waals surface area (Å²) in [7, 11) is -3.84. The molecule has 170 valence electrons. The van der Waals surface area contributed by atoms with E-state index in [0.29, 0.717) is 33.2 Å². The van der Waals surface area contributed by atoms with Crippen LogP contribution in [0.4, 0.5) is 5.69 Å². The molecule has 0 spiro atoms. The summed E-state index contributed by atoms with van der Waals surface area (Å²) in [6, 6.07) is 26.4. The van der Waals surface area contributed by atoms with Crippen molar-refractivity contribution in [3.8, 4) is 0 Å². The summed E-state index contributed by atoms with van der Waals surface area (Å²) in [4.78, 5) is 13.2. The fourth-order valence-electron chi connectivity index (χ4n) is 3.97. The Balaban J connectivity index is 1.60. The maximum absolute atomic E-state index is 13.0. The van der Waals surface area contributed by atoms with E-state index in [1.54, 1.807) is 31.2 Å². The van der Waals surface area contributed by atoms with Crippen molar-refractivity contribution >= 4 is 43.4 Å². The number of carbonyl (C=O) groups excluding carboxylic acids is 1. The summed E-state index contributed by atoms with van der Waals surface area (Å²) >= 11 is 0. The van der Waals surface area contributed by atoms with Gasteiger partial charge in [0.15, 0.2) is 0 Å². The number of fused-ring (bicyclic) bond motifs is 3. The van der Waals surface area contributed by atoms with E-state index in [1.807, 2.05) is 54.6 Å². The Kier molecular flexibility index (Phi) is 5.55. The van der Waals surface area contributed by atoms with E-state index in [2.05, 4.69) is 4.72 Å². The number of aryl methyl sites for hydroxylation is 1. The topological polar surface area (TPSA) is 85.6 Å². The lowest BCUT2D eigenvalue weighted by Crippen LogP contribution is -2.13. The standard InChI is InChI=1S/C27H21NO5S/c1-18-25(27(29)32-17-19-10-4-2-5-11-19)23-16-24(21-14-8-9-15-22(21)26(23)33-18)28-34(30,31)20-12-6-3-7-13-20/h2-16,28H,17H2,1H3. The predicted octanol–water partition coefficient (Wildman–Crippen LogP) is 6.05. The average molecular weight is 472 g/mol. The van der Waals surface area contributed by atoms with Crippen LogP contribution < -0.4 is 4.72 Å². The predicted molar refractivity (Wildman–Crippen MR) is 131 cm³/mol. The van der Waals surface area contributed by atoms with Crippen molar-refractivity contribution in [3.63, 3.8) is 0 Å². The van der Waals surface area contributed by atoms with Crippen molar-refractivity contribution in [2.75, 3.05) is 4.72 Å². The van der Waals surface area contributed by atoms with E-state index in [-0.39, 0.29) is 17.1 Å². The number of sulfonamides is 1. The minimum atomic E-state index is -3.84. The van der Waals surface area contributed by atoms with Crippen LogP contribution in [-0.2, 0) is 21.4 Å². The van der Waals surface area contributed by atoms with Gasteiger partial charge in [-0.1, -0.05) is 72.8 Å². The summed E-state index contributed by atoms with van der Waals surface area (Å²) < 4.78 is 40.3. The first-order chi connectivity index (χ1) is 16.4. The molecule has 0 aliphatic rings. The van der Waals surface area contributed by atoms with Crippen LogP contribution in [0.5, 0.6) is 0 Å². The second-order valence-corrected chi connectivity index (χ2v) is 9.54. The molecule has 34 heavy (non-hydrogen) atoms. The van der Waals surface area contributed by atoms with Crippen molar-refractivity contribution in [2.45, 2.75) is 18.4 Å². The fraction of sp³-hybridized carbons (Fsp3) is 0.0741. The van der Waals surface area contributed by atoms with E-state index in [9.17, 15) is 13.2 Å². The molecule has 6 nitrogen and oxygen atoms in total. The zero-order valence-electron chi connectivity index (χ0n) is 18.3. The third-order valence-electron chi connectivity index (χ3n) is 5.59. The number of ether oxygens (including phenoxy) is 1. The molecule has 0 bridgehead atoms. The Morgan fingerprint density at radius 2 is 1.47 bits per heavy atom. The van der Waals surface area contributed by atoms with E-state index in [1.165, 1.54) is 12.1 Å². The van der Waals surface area contributed by atoms with Gasteiger partial charge in [-0.2, -0.15) is 0 Å². The van der Waals surface area contributed by atoms with Gasteiger partial charge in [0.25, 0.3) is 10.0 Å². The monoisotopic (exact) mass is 471 g/mol. The maximum atomic E-state index is 13.0. The SMILES string of the molecule is Cc1oc2c(cc(NS(=O)(=O)c3ccccc3)c3ccccc32)c1C(=O)OCc1ccccc1. The summed E-state index contributed by atoms with van der Waals surface area (Å²) in [5.41, 5.74) is 1.99. The van der Waals surface area contributed by atoms with E-state index in [4.69, 9.17) is 9.15 Å². The van der Waals surface area contributed by atoms with Crippen LogP contribution in [0.2, 0.25) is 0 Å². The number of hydrogen-bond donors (Lipinski definition) is 1. The smallest absolute Gasteiger partial charge is 0.342 e. The van der Waals surface area contributed by atoms with E-state index in [0.717, 1.165) is 5.56 Å². The number of nitrogens with one attached hydrogen (secondary N) is 1. The number of carbonyl (C=O) groups is 1. The van der Waals surface area contributed by atoms with Gasteiger partial charge in [-0.15, -0.1) is 0 Å². The second kappa shape index (κ2) is 8.68. The highest BCUT2D eigenvalue weighted by atomic mass is 32.2. The molecule has 0 amide bonds. The minimum Gasteiger partial charge on any atom is -0.460 e. The highest BCUT2D eigenvalue weighted by molar-refractivity contribution is 7.92. The van der Waals surface area contributed by atoms with Crippen molar-refractivity contribution in [3.05, 3.63) is 108 Å². The third kappa shape index (κ3) is 4.02. The fourth-order valence-corrected chi connectivity index (χ4v) is 5.07. The molecule has 0 saturated heterocycles. The highest BCUT2D eigenvalue weighted by Crippen LogP contribution is 2.37. The molecule has 1 heterocycles. The molecule has 4 aromatic carbocycles. The lowest BCUT2D eigenvalue weighted by atomic mass is 10.0. The highest BCUT2D eigenvalue weighted by Gasteiger charge is 2.24. The van der Waals surface area contributed by atoms with Gasteiger partial charge in [0.1, 0.15) is 23.5 Å². The Morgan fingerprint density at radius 1 is 0.853 bits per heavy atom. The summed E-state index contributed by atoms with van der Waals surface area (Å²) in [6.07, 6.45) is 0. The maximum Gasteiger partial charge on any atom is 0.342 e. The number of hydrogen-bond acceptors (Lipinski definition) is 5. The van der Waals surface area contributed by atoms with Gasteiger partial charge in [-0.05, 0) is 30.7 Å². The minimum absolute atomic E-state index is 0.118. The van der Waals surface area contributed by atoms with Crippen LogP contribution in [0.3, 0.4) is 0 Å². The van der Waals surface area contributed by atoms with Gasteiger partial charge in [-0.25, -0.2) is 13.2 Å². The number of esters is 1. The molecule has 1 N–H and O–H groups in total. The van der Waals surface area contributed by atoms with Crippen LogP contribution in [0.15, 0.2) is 100 Å². The molecule has 7 heteroatoms. The molecule has 0 saturated carbocycles. The molecule has 0 aliphatic heterocycles. The van der Waals surface area contributed by atoms with Crippen LogP contribution >= 0.6 is 0 Å². The lowest BCUT2D eigenvalue weighted by molar-refractivity contribution is 0.0473. The molecular weight excluding hydrogens is 450 g/mol. The molecule has 1 aromatic heterocycles. The third-order valence-corrected chi connectivity index (χ3v) is 6.97. The molecule has 0 unspecified atom stereocenters. The van der Waals surface area contributed by atoms with E-state index >= 15 is 0 Å². The Hall–Kier alpha value is -4.10. The van der Waals surface area contributed by atoms with Crippen LogP contribution in [-0.4, -0.2) is 14.4 Å². The zero-order valence-corrected chi connectivity index (χ0v) is 19.1. The summed E-state index contributed by atoms with van der Waals surface area (Å²) in [5.74, 6) is -0.131. The molecule has 0 aliphatic carbocycles. The normalized spacial score (nSPS) is 11.6. The van der Waals surface area contributed by atoms with Crippen LogP contribution in [0, 0.1) is 6.92 Å². The molecule has 5 rings (SSSR count). The summed E-state index contributed by atoms with van der Waals surface area (Å²) in [6.45, 7) is 1.81. The Morgan fingerprint density at radius 3 is 2.18 bits per heavy atom. The largest absolute Gasteiger partial charge is 0.460 e. The van der Waals surface area contributed by atoms with Crippen molar-refractivity contribution in [2.24, 2.45) is 0 Å². The quantitative estimate of drug-likeness (QED) is 0.305. The summed E-state index contributed by atoms with van der Waals surface area (Å²) in [5, 5.41) is 1.84. The van der Waals surface area contributed by atoms with Gasteiger partial charge in [0.05, 0.1) is 10.6 Å². The molecule has 5 aromatic rings. The Bertz CT molecular complexity index is 1610. The van der Waals surface area contributed by atoms with Crippen molar-refractivity contribution in [1.29, 1.82) is 0 Å².